The number of carboxylic acid groups (broad SMARTS) is 1. The Kier molecular flexibility index (Phi) is 3.96. The van der Waals surface area contributed by atoms with Crippen LogP contribution in [0.2, 0.25) is 0 Å². The van der Waals surface area contributed by atoms with Crippen molar-refractivity contribution in [1.82, 2.24) is 15.1 Å². The van der Waals surface area contributed by atoms with Gasteiger partial charge in [0, 0.05) is 39.3 Å². The Hall–Kier alpha value is -1.14. The van der Waals surface area contributed by atoms with Crippen LogP contribution in [0.3, 0.4) is 0 Å². The van der Waals surface area contributed by atoms with Crippen molar-refractivity contribution in [2.45, 2.75) is 6.42 Å². The van der Waals surface area contributed by atoms with Crippen LogP contribution in [0.1, 0.15) is 6.42 Å². The van der Waals surface area contributed by atoms with E-state index in [1.54, 1.807) is 4.90 Å². The number of rotatable bonds is 3. The third-order valence-corrected chi connectivity index (χ3v) is 3.46. The van der Waals surface area contributed by atoms with Gasteiger partial charge in [-0.3, -0.25) is 14.5 Å². The molecule has 0 aromatic carbocycles. The molecule has 6 nitrogen and oxygen atoms in total. The highest BCUT2D eigenvalue weighted by atomic mass is 16.4. The van der Waals surface area contributed by atoms with Crippen LogP contribution in [0.25, 0.3) is 0 Å². The van der Waals surface area contributed by atoms with Gasteiger partial charge in [0.05, 0.1) is 12.5 Å². The van der Waals surface area contributed by atoms with E-state index in [1.165, 1.54) is 0 Å². The minimum atomic E-state index is -0.789. The molecule has 2 fully saturated rings. The first-order valence-corrected chi connectivity index (χ1v) is 6.10. The molecule has 2 aliphatic heterocycles. The van der Waals surface area contributed by atoms with Crippen molar-refractivity contribution in [2.75, 3.05) is 45.8 Å². The van der Waals surface area contributed by atoms with Gasteiger partial charge in [0.1, 0.15) is 0 Å². The Morgan fingerprint density at radius 2 is 1.94 bits per heavy atom. The van der Waals surface area contributed by atoms with E-state index in [-0.39, 0.29) is 11.8 Å². The van der Waals surface area contributed by atoms with Crippen molar-refractivity contribution in [3.8, 4) is 0 Å². The summed E-state index contributed by atoms with van der Waals surface area (Å²) in [7, 11) is 0. The summed E-state index contributed by atoms with van der Waals surface area (Å²) in [4.78, 5) is 26.6. The first-order valence-electron chi connectivity index (χ1n) is 6.10. The average Bonchev–Trinajstić information content (AvgIpc) is 2.79. The number of amides is 1. The van der Waals surface area contributed by atoms with Crippen LogP contribution in [0.4, 0.5) is 0 Å². The molecule has 0 aromatic rings. The maximum Gasteiger partial charge on any atom is 0.308 e. The number of hydrogen-bond donors (Lipinski definition) is 2. The third-order valence-electron chi connectivity index (χ3n) is 3.46. The second-order valence-corrected chi connectivity index (χ2v) is 4.69. The molecular formula is C11H19N3O3. The van der Waals surface area contributed by atoms with Crippen LogP contribution in [-0.4, -0.2) is 72.6 Å². The van der Waals surface area contributed by atoms with E-state index in [9.17, 15) is 9.59 Å². The van der Waals surface area contributed by atoms with E-state index >= 15 is 0 Å². The monoisotopic (exact) mass is 241 g/mol. The first-order chi connectivity index (χ1) is 8.16. The molecule has 0 bridgehead atoms. The summed E-state index contributed by atoms with van der Waals surface area (Å²) in [6, 6.07) is 0. The van der Waals surface area contributed by atoms with Gasteiger partial charge in [-0.05, 0) is 6.42 Å². The molecule has 17 heavy (non-hydrogen) atoms. The van der Waals surface area contributed by atoms with Crippen molar-refractivity contribution in [2.24, 2.45) is 5.92 Å². The molecule has 1 atom stereocenters. The van der Waals surface area contributed by atoms with E-state index in [1.807, 2.05) is 0 Å². The quantitative estimate of drug-likeness (QED) is 0.651. The number of likely N-dealkylation sites (tertiary alicyclic amines) is 1. The second-order valence-electron chi connectivity index (χ2n) is 4.69. The highest BCUT2D eigenvalue weighted by Crippen LogP contribution is 2.16. The number of carboxylic acids is 1. The lowest BCUT2D eigenvalue weighted by atomic mass is 10.1. The number of hydrogen-bond acceptors (Lipinski definition) is 4. The van der Waals surface area contributed by atoms with Crippen LogP contribution in [-0.2, 0) is 9.59 Å². The lowest BCUT2D eigenvalue weighted by Crippen LogP contribution is -2.48. The molecular weight excluding hydrogens is 222 g/mol. The zero-order valence-corrected chi connectivity index (χ0v) is 9.89. The van der Waals surface area contributed by atoms with Gasteiger partial charge >= 0.3 is 5.97 Å². The fraction of sp³-hybridized carbons (Fsp3) is 0.818. The van der Waals surface area contributed by atoms with Crippen LogP contribution >= 0.6 is 0 Å². The summed E-state index contributed by atoms with van der Waals surface area (Å²) in [5, 5.41) is 12.1. The van der Waals surface area contributed by atoms with Crippen LogP contribution in [0.15, 0.2) is 0 Å². The molecule has 0 spiro atoms. The predicted molar refractivity (Wildman–Crippen MR) is 61.6 cm³/mol. The summed E-state index contributed by atoms with van der Waals surface area (Å²) in [5.41, 5.74) is 0. The van der Waals surface area contributed by atoms with Gasteiger partial charge in [0.25, 0.3) is 0 Å². The summed E-state index contributed by atoms with van der Waals surface area (Å²) in [6.45, 7) is 5.01. The maximum absolute atomic E-state index is 12.0. The van der Waals surface area contributed by atoms with Gasteiger partial charge in [0.15, 0.2) is 0 Å². The molecule has 96 valence electrons. The smallest absolute Gasteiger partial charge is 0.308 e. The molecule has 2 N–H and O–H groups in total. The average molecular weight is 241 g/mol. The molecule has 0 aromatic heterocycles. The summed E-state index contributed by atoms with van der Waals surface area (Å²) >= 11 is 0. The topological polar surface area (TPSA) is 72.9 Å². The number of carbonyl (C=O) groups excluding carboxylic acids is 1. The standard InChI is InChI=1S/C11H19N3O3/c15-10(8-13-5-2-12-3-6-13)14-4-1-9(7-14)11(16)17/h9,12H,1-8H2,(H,16,17). The molecule has 0 aliphatic carbocycles. The lowest BCUT2D eigenvalue weighted by molar-refractivity contribution is -0.141. The zero-order valence-electron chi connectivity index (χ0n) is 9.89. The molecule has 0 radical (unpaired) electrons. The number of nitrogens with zero attached hydrogens (tertiary/aromatic N) is 2. The molecule has 2 heterocycles. The number of carbonyl (C=O) groups is 2. The van der Waals surface area contributed by atoms with Gasteiger partial charge in [-0.2, -0.15) is 0 Å². The molecule has 2 saturated heterocycles. The van der Waals surface area contributed by atoms with Gasteiger partial charge in [0.2, 0.25) is 5.91 Å². The van der Waals surface area contributed by atoms with Crippen LogP contribution in [0.5, 0.6) is 0 Å². The van der Waals surface area contributed by atoms with Crippen molar-refractivity contribution in [3.05, 3.63) is 0 Å². The maximum atomic E-state index is 12.0. The number of aliphatic carboxylic acids is 1. The Bertz CT molecular complexity index is 302. The van der Waals surface area contributed by atoms with Gasteiger partial charge in [-0.15, -0.1) is 0 Å². The van der Waals surface area contributed by atoms with Gasteiger partial charge in [-0.1, -0.05) is 0 Å². The SMILES string of the molecule is O=C(O)C1CCN(C(=O)CN2CCNCC2)C1. The normalized spacial score (nSPS) is 26.1. The van der Waals surface area contributed by atoms with Crippen molar-refractivity contribution >= 4 is 11.9 Å². The molecule has 1 amide bonds. The van der Waals surface area contributed by atoms with Gasteiger partial charge in [-0.25, -0.2) is 0 Å². The predicted octanol–water partition coefficient (Wildman–Crippen LogP) is -1.18. The Balaban J connectivity index is 1.78. The minimum Gasteiger partial charge on any atom is -0.481 e. The molecule has 1 unspecified atom stereocenters. The Morgan fingerprint density at radius 3 is 2.53 bits per heavy atom. The highest BCUT2D eigenvalue weighted by Gasteiger charge is 2.31. The highest BCUT2D eigenvalue weighted by molar-refractivity contribution is 5.80. The second kappa shape index (κ2) is 5.46. The largest absolute Gasteiger partial charge is 0.481 e. The molecule has 0 saturated carbocycles. The van der Waals surface area contributed by atoms with E-state index in [2.05, 4.69) is 10.2 Å². The van der Waals surface area contributed by atoms with Crippen molar-refractivity contribution in [3.63, 3.8) is 0 Å². The Morgan fingerprint density at radius 1 is 1.24 bits per heavy atom. The summed E-state index contributed by atoms with van der Waals surface area (Å²) < 4.78 is 0. The van der Waals surface area contributed by atoms with Crippen LogP contribution in [0, 0.1) is 5.92 Å². The van der Waals surface area contributed by atoms with E-state index in [4.69, 9.17) is 5.11 Å². The fourth-order valence-corrected chi connectivity index (χ4v) is 2.35. The first kappa shape index (κ1) is 12.3. The third kappa shape index (κ3) is 3.17. The Labute approximate surface area is 101 Å². The zero-order chi connectivity index (χ0) is 12.3. The fourth-order valence-electron chi connectivity index (χ4n) is 2.35. The van der Waals surface area contributed by atoms with Crippen molar-refractivity contribution < 1.29 is 14.7 Å². The molecule has 6 heteroatoms. The van der Waals surface area contributed by atoms with Crippen molar-refractivity contribution in [1.29, 1.82) is 0 Å². The number of nitrogens with one attached hydrogen (secondary N) is 1. The summed E-state index contributed by atoms with van der Waals surface area (Å²) in [5.74, 6) is -1.10. The molecule has 2 rings (SSSR count). The van der Waals surface area contributed by atoms with Gasteiger partial charge < -0.3 is 15.3 Å². The van der Waals surface area contributed by atoms with E-state index in [0.29, 0.717) is 26.1 Å². The van der Waals surface area contributed by atoms with E-state index < -0.39 is 5.97 Å². The van der Waals surface area contributed by atoms with Crippen LogP contribution < -0.4 is 5.32 Å². The lowest BCUT2D eigenvalue weighted by Gasteiger charge is -2.28. The minimum absolute atomic E-state index is 0.0654. The molecule has 2 aliphatic rings. The summed E-state index contributed by atoms with van der Waals surface area (Å²) in [6.07, 6.45) is 0.586. The number of piperazine rings is 1. The van der Waals surface area contributed by atoms with E-state index in [0.717, 1.165) is 26.2 Å².